The Kier molecular flexibility index (Phi) is 7.51. The van der Waals surface area contributed by atoms with E-state index in [9.17, 15) is 9.59 Å². The molecule has 9 heteroatoms. The molecule has 2 aromatic rings. The van der Waals surface area contributed by atoms with E-state index < -0.39 is 0 Å². The molecule has 2 aromatic heterocycles. The summed E-state index contributed by atoms with van der Waals surface area (Å²) < 4.78 is 7.58. The number of ether oxygens (including phenoxy) is 1. The summed E-state index contributed by atoms with van der Waals surface area (Å²) in [6.45, 7) is 4.74. The molecule has 2 heterocycles. The van der Waals surface area contributed by atoms with Gasteiger partial charge < -0.3 is 19.6 Å². The van der Waals surface area contributed by atoms with Crippen molar-refractivity contribution in [2.45, 2.75) is 33.2 Å². The summed E-state index contributed by atoms with van der Waals surface area (Å²) in [6, 6.07) is 2.03. The number of anilines is 1. The van der Waals surface area contributed by atoms with E-state index >= 15 is 0 Å². The minimum Gasteiger partial charge on any atom is -0.424 e. The highest BCUT2D eigenvalue weighted by Crippen LogP contribution is 2.29. The SMILES string of the molecule is CCCn1c(Oc2cncc(C)c2)nc(N(C)C=O)c1C(=O)N(C)CCCO. The Hall–Kier alpha value is -2.94. The van der Waals surface area contributed by atoms with Gasteiger partial charge in [-0.1, -0.05) is 6.92 Å². The van der Waals surface area contributed by atoms with Crippen molar-refractivity contribution in [2.24, 2.45) is 0 Å². The molecule has 2 rings (SSSR count). The molecule has 2 amide bonds. The molecule has 0 aliphatic rings. The summed E-state index contributed by atoms with van der Waals surface area (Å²) in [5.74, 6) is 0.422. The Morgan fingerprint density at radius 3 is 2.71 bits per heavy atom. The lowest BCUT2D eigenvalue weighted by Gasteiger charge is -2.20. The molecule has 0 saturated heterocycles. The molecule has 0 fully saturated rings. The van der Waals surface area contributed by atoms with Gasteiger partial charge in [0.2, 0.25) is 6.41 Å². The number of pyridine rings is 1. The third-order valence-electron chi connectivity index (χ3n) is 4.11. The van der Waals surface area contributed by atoms with E-state index in [1.165, 1.54) is 16.8 Å². The van der Waals surface area contributed by atoms with Gasteiger partial charge in [-0.15, -0.1) is 0 Å². The molecule has 0 unspecified atom stereocenters. The molecule has 1 N–H and O–H groups in total. The molecular weight excluding hydrogens is 362 g/mol. The zero-order valence-electron chi connectivity index (χ0n) is 16.8. The average molecular weight is 389 g/mol. The molecule has 0 saturated carbocycles. The van der Waals surface area contributed by atoms with Crippen molar-refractivity contribution < 1.29 is 19.4 Å². The Bertz CT molecular complexity index is 821. The molecule has 0 aliphatic carbocycles. The smallest absolute Gasteiger partial charge is 0.304 e. The van der Waals surface area contributed by atoms with Crippen molar-refractivity contribution in [2.75, 3.05) is 32.1 Å². The molecular formula is C19H27N5O4. The van der Waals surface area contributed by atoms with Gasteiger partial charge in [0.15, 0.2) is 11.5 Å². The predicted octanol–water partition coefficient (Wildman–Crippen LogP) is 1.84. The van der Waals surface area contributed by atoms with Crippen LogP contribution in [0.15, 0.2) is 18.5 Å². The van der Waals surface area contributed by atoms with Crippen LogP contribution in [0.3, 0.4) is 0 Å². The second kappa shape index (κ2) is 9.84. The third kappa shape index (κ3) is 4.86. The van der Waals surface area contributed by atoms with Crippen LogP contribution in [0.5, 0.6) is 11.8 Å². The van der Waals surface area contributed by atoms with Gasteiger partial charge >= 0.3 is 6.01 Å². The van der Waals surface area contributed by atoms with E-state index in [0.29, 0.717) is 31.7 Å². The van der Waals surface area contributed by atoms with Crippen LogP contribution in [-0.4, -0.2) is 64.1 Å². The fraction of sp³-hybridized carbons (Fsp3) is 0.474. The zero-order valence-corrected chi connectivity index (χ0v) is 16.8. The van der Waals surface area contributed by atoms with E-state index in [2.05, 4.69) is 9.97 Å². The number of hydrogen-bond donors (Lipinski definition) is 1. The average Bonchev–Trinajstić information content (AvgIpc) is 3.03. The van der Waals surface area contributed by atoms with Crippen LogP contribution in [-0.2, 0) is 11.3 Å². The first-order chi connectivity index (χ1) is 13.4. The number of aliphatic hydroxyl groups is 1. The normalized spacial score (nSPS) is 10.6. The van der Waals surface area contributed by atoms with Crippen LogP contribution in [0, 0.1) is 6.92 Å². The predicted molar refractivity (Wildman–Crippen MR) is 105 cm³/mol. The standard InChI is InChI=1S/C19H27N5O4/c1-5-7-24-16(18(27)22(3)8-6-9-25)17(23(4)13-26)21-19(24)28-15-10-14(2)11-20-12-15/h10-13,25H,5-9H2,1-4H3. The second-order valence-corrected chi connectivity index (χ2v) is 6.54. The van der Waals surface area contributed by atoms with Gasteiger partial charge in [0.25, 0.3) is 5.91 Å². The maximum Gasteiger partial charge on any atom is 0.304 e. The number of carbonyl (C=O) groups excluding carboxylic acids is 2. The van der Waals surface area contributed by atoms with E-state index in [0.717, 1.165) is 12.0 Å². The number of carbonyl (C=O) groups is 2. The van der Waals surface area contributed by atoms with Crippen molar-refractivity contribution in [3.05, 3.63) is 29.7 Å². The zero-order chi connectivity index (χ0) is 20.7. The second-order valence-electron chi connectivity index (χ2n) is 6.54. The topological polar surface area (TPSA) is 101 Å². The Labute approximate surface area is 164 Å². The molecule has 0 aliphatic heterocycles. The number of aliphatic hydroxyl groups excluding tert-OH is 1. The summed E-state index contributed by atoms with van der Waals surface area (Å²) >= 11 is 0. The molecule has 0 radical (unpaired) electrons. The van der Waals surface area contributed by atoms with Crippen molar-refractivity contribution in [1.29, 1.82) is 0 Å². The Morgan fingerprint density at radius 1 is 1.36 bits per heavy atom. The number of imidazole rings is 1. The molecule has 152 valence electrons. The van der Waals surface area contributed by atoms with Crippen molar-refractivity contribution in [3.63, 3.8) is 0 Å². The summed E-state index contributed by atoms with van der Waals surface area (Å²) in [6.07, 6.45) is 5.07. The number of amides is 2. The van der Waals surface area contributed by atoms with Crippen molar-refractivity contribution in [3.8, 4) is 11.8 Å². The van der Waals surface area contributed by atoms with Gasteiger partial charge in [-0.2, -0.15) is 4.98 Å². The van der Waals surface area contributed by atoms with Crippen LogP contribution in [0.1, 0.15) is 35.8 Å². The molecule has 0 aromatic carbocycles. The van der Waals surface area contributed by atoms with Gasteiger partial charge in [-0.05, 0) is 31.4 Å². The first-order valence-corrected chi connectivity index (χ1v) is 9.17. The highest BCUT2D eigenvalue weighted by Gasteiger charge is 2.28. The monoisotopic (exact) mass is 389 g/mol. The first kappa shape index (κ1) is 21.4. The van der Waals surface area contributed by atoms with E-state index in [1.807, 2.05) is 19.9 Å². The fourth-order valence-corrected chi connectivity index (χ4v) is 2.71. The van der Waals surface area contributed by atoms with Crippen LogP contribution >= 0.6 is 0 Å². The van der Waals surface area contributed by atoms with Crippen molar-refractivity contribution >= 4 is 18.1 Å². The number of aromatic nitrogens is 3. The number of nitrogens with zero attached hydrogens (tertiary/aromatic N) is 5. The lowest BCUT2D eigenvalue weighted by atomic mass is 10.3. The lowest BCUT2D eigenvalue weighted by Crippen LogP contribution is -2.32. The Morgan fingerprint density at radius 2 is 2.11 bits per heavy atom. The maximum atomic E-state index is 13.1. The van der Waals surface area contributed by atoms with Crippen LogP contribution in [0.25, 0.3) is 0 Å². The summed E-state index contributed by atoms with van der Waals surface area (Å²) in [5, 5.41) is 9.04. The lowest BCUT2D eigenvalue weighted by molar-refractivity contribution is -0.107. The van der Waals surface area contributed by atoms with Gasteiger partial charge in [-0.3, -0.25) is 19.1 Å². The molecule has 0 spiro atoms. The number of hydrogen-bond acceptors (Lipinski definition) is 6. The summed E-state index contributed by atoms with van der Waals surface area (Å²) in [5.41, 5.74) is 1.20. The van der Waals surface area contributed by atoms with Gasteiger partial charge in [0.05, 0.1) is 6.20 Å². The molecule has 28 heavy (non-hydrogen) atoms. The van der Waals surface area contributed by atoms with Crippen LogP contribution in [0.2, 0.25) is 0 Å². The highest BCUT2D eigenvalue weighted by atomic mass is 16.5. The number of aryl methyl sites for hydroxylation is 1. The van der Waals surface area contributed by atoms with Gasteiger partial charge in [-0.25, -0.2) is 0 Å². The first-order valence-electron chi connectivity index (χ1n) is 9.17. The van der Waals surface area contributed by atoms with E-state index in [-0.39, 0.29) is 30.0 Å². The third-order valence-corrected chi connectivity index (χ3v) is 4.11. The van der Waals surface area contributed by atoms with Crippen LogP contribution in [0.4, 0.5) is 5.82 Å². The maximum absolute atomic E-state index is 13.1. The van der Waals surface area contributed by atoms with Crippen molar-refractivity contribution in [1.82, 2.24) is 19.4 Å². The molecule has 0 atom stereocenters. The van der Waals surface area contributed by atoms with Gasteiger partial charge in [0, 0.05) is 40.0 Å². The van der Waals surface area contributed by atoms with Crippen LogP contribution < -0.4 is 9.64 Å². The summed E-state index contributed by atoms with van der Waals surface area (Å²) in [7, 11) is 3.19. The molecule has 9 nitrogen and oxygen atoms in total. The fourth-order valence-electron chi connectivity index (χ4n) is 2.71. The van der Waals surface area contributed by atoms with Gasteiger partial charge in [0.1, 0.15) is 5.75 Å². The minimum atomic E-state index is -0.296. The number of rotatable bonds is 10. The van der Waals surface area contributed by atoms with E-state index in [4.69, 9.17) is 9.84 Å². The summed E-state index contributed by atoms with van der Waals surface area (Å²) in [4.78, 5) is 35.7. The molecule has 0 bridgehead atoms. The van der Waals surface area contributed by atoms with E-state index in [1.54, 1.807) is 24.0 Å². The Balaban J connectivity index is 2.52. The quantitative estimate of drug-likeness (QED) is 0.622. The highest BCUT2D eigenvalue weighted by molar-refractivity contribution is 5.99. The largest absolute Gasteiger partial charge is 0.424 e. The minimum absolute atomic E-state index is 0.0122.